The second-order valence-corrected chi connectivity index (χ2v) is 8.06. The number of carbonyl (C=O) groups is 1. The largest absolute Gasteiger partial charge is 0.299 e. The molecular formula is C17H28O. The maximum atomic E-state index is 12.5. The Labute approximate surface area is 112 Å². The Bertz CT molecular complexity index is 370. The highest BCUT2D eigenvalue weighted by Crippen LogP contribution is 2.70. The maximum absolute atomic E-state index is 12.5. The molecule has 2 unspecified atom stereocenters. The normalized spacial score (nSPS) is 50.8. The third kappa shape index (κ3) is 1.42. The van der Waals surface area contributed by atoms with Crippen molar-refractivity contribution in [2.24, 2.45) is 34.5 Å². The minimum absolute atomic E-state index is 0.328. The zero-order valence-corrected chi connectivity index (χ0v) is 12.5. The molecule has 0 aromatic heterocycles. The van der Waals surface area contributed by atoms with Gasteiger partial charge in [0, 0.05) is 11.8 Å². The molecule has 0 aromatic rings. The SMILES string of the molecule is CC1CCCC([C@H]2C[C@H]3CC[C@]2(C)C3(C)C)C1=O. The van der Waals surface area contributed by atoms with E-state index in [2.05, 4.69) is 27.7 Å². The van der Waals surface area contributed by atoms with Crippen LogP contribution >= 0.6 is 0 Å². The molecule has 3 fully saturated rings. The molecule has 0 radical (unpaired) electrons. The van der Waals surface area contributed by atoms with Crippen LogP contribution in [0.4, 0.5) is 0 Å². The van der Waals surface area contributed by atoms with E-state index in [9.17, 15) is 4.79 Å². The third-order valence-electron chi connectivity index (χ3n) is 7.35. The number of rotatable bonds is 1. The second kappa shape index (κ2) is 3.84. The van der Waals surface area contributed by atoms with Crippen LogP contribution in [0.5, 0.6) is 0 Å². The number of fused-ring (bicyclic) bond motifs is 2. The number of hydrogen-bond acceptors (Lipinski definition) is 1. The van der Waals surface area contributed by atoms with Gasteiger partial charge in [0.05, 0.1) is 0 Å². The Hall–Kier alpha value is -0.330. The van der Waals surface area contributed by atoms with Crippen molar-refractivity contribution in [2.45, 2.75) is 66.2 Å². The molecule has 18 heavy (non-hydrogen) atoms. The van der Waals surface area contributed by atoms with Crippen molar-refractivity contribution >= 4 is 5.78 Å². The molecule has 0 saturated heterocycles. The van der Waals surface area contributed by atoms with Crippen molar-refractivity contribution in [1.82, 2.24) is 0 Å². The van der Waals surface area contributed by atoms with Gasteiger partial charge in [0.25, 0.3) is 0 Å². The molecule has 0 aromatic carbocycles. The molecule has 1 heteroatoms. The summed E-state index contributed by atoms with van der Waals surface area (Å²) < 4.78 is 0. The summed E-state index contributed by atoms with van der Waals surface area (Å²) in [6.07, 6.45) is 7.66. The first-order valence-corrected chi connectivity index (χ1v) is 7.91. The van der Waals surface area contributed by atoms with Gasteiger partial charge in [-0.05, 0) is 54.8 Å². The molecule has 102 valence electrons. The molecule has 0 heterocycles. The fraction of sp³-hybridized carbons (Fsp3) is 0.941. The highest BCUT2D eigenvalue weighted by atomic mass is 16.1. The summed E-state index contributed by atoms with van der Waals surface area (Å²) in [6.45, 7) is 9.55. The van der Waals surface area contributed by atoms with Crippen LogP contribution in [0.15, 0.2) is 0 Å². The first-order chi connectivity index (χ1) is 8.38. The lowest BCUT2D eigenvalue weighted by atomic mass is 9.60. The Morgan fingerprint density at radius 2 is 1.83 bits per heavy atom. The predicted molar refractivity (Wildman–Crippen MR) is 74.2 cm³/mol. The Morgan fingerprint density at radius 3 is 2.39 bits per heavy atom. The summed E-state index contributed by atoms with van der Waals surface area (Å²) in [5, 5.41) is 0. The smallest absolute Gasteiger partial charge is 0.139 e. The van der Waals surface area contributed by atoms with Crippen LogP contribution < -0.4 is 0 Å². The molecule has 2 bridgehead atoms. The molecule has 3 aliphatic rings. The molecule has 0 amide bonds. The maximum Gasteiger partial charge on any atom is 0.139 e. The van der Waals surface area contributed by atoms with Crippen molar-refractivity contribution in [3.63, 3.8) is 0 Å². The van der Waals surface area contributed by atoms with E-state index >= 15 is 0 Å². The van der Waals surface area contributed by atoms with E-state index in [4.69, 9.17) is 0 Å². The zero-order chi connectivity index (χ0) is 13.1. The van der Waals surface area contributed by atoms with Crippen LogP contribution in [-0.4, -0.2) is 5.78 Å². The molecule has 3 saturated carbocycles. The fourth-order valence-corrected chi connectivity index (χ4v) is 5.57. The van der Waals surface area contributed by atoms with Crippen LogP contribution in [0.3, 0.4) is 0 Å². The van der Waals surface area contributed by atoms with E-state index < -0.39 is 0 Å². The van der Waals surface area contributed by atoms with Gasteiger partial charge in [-0.15, -0.1) is 0 Å². The zero-order valence-electron chi connectivity index (χ0n) is 12.5. The van der Waals surface area contributed by atoms with Gasteiger partial charge in [-0.2, -0.15) is 0 Å². The van der Waals surface area contributed by atoms with Crippen LogP contribution in [0.1, 0.15) is 66.2 Å². The monoisotopic (exact) mass is 248 g/mol. The molecule has 0 N–H and O–H groups in total. The van der Waals surface area contributed by atoms with Gasteiger partial charge in [0.1, 0.15) is 5.78 Å². The van der Waals surface area contributed by atoms with Gasteiger partial charge in [0.15, 0.2) is 0 Å². The first-order valence-electron chi connectivity index (χ1n) is 7.91. The van der Waals surface area contributed by atoms with E-state index in [1.807, 2.05) is 0 Å². The fourth-order valence-electron chi connectivity index (χ4n) is 5.57. The molecule has 0 spiro atoms. The van der Waals surface area contributed by atoms with Crippen LogP contribution in [-0.2, 0) is 4.79 Å². The van der Waals surface area contributed by atoms with Gasteiger partial charge in [-0.25, -0.2) is 0 Å². The van der Waals surface area contributed by atoms with Crippen molar-refractivity contribution in [3.8, 4) is 0 Å². The van der Waals surface area contributed by atoms with Gasteiger partial charge >= 0.3 is 0 Å². The quantitative estimate of drug-likeness (QED) is 0.670. The van der Waals surface area contributed by atoms with E-state index in [-0.39, 0.29) is 0 Å². The highest BCUT2D eigenvalue weighted by molar-refractivity contribution is 5.84. The molecular weight excluding hydrogens is 220 g/mol. The summed E-state index contributed by atoms with van der Waals surface area (Å²) in [4.78, 5) is 12.5. The molecule has 1 nitrogen and oxygen atoms in total. The standard InChI is InChI=1S/C17H28O/c1-11-6-5-7-13(15(11)18)14-10-12-8-9-17(14,4)16(12,2)3/h11-14H,5-10H2,1-4H3/t11?,12-,13?,14-,17+/m1/s1. The average Bonchev–Trinajstić information content (AvgIpc) is 2.65. The minimum Gasteiger partial charge on any atom is -0.299 e. The molecule has 5 atom stereocenters. The van der Waals surface area contributed by atoms with E-state index in [0.717, 1.165) is 12.3 Å². The predicted octanol–water partition coefficient (Wildman–Crippen LogP) is 4.45. The Kier molecular flexibility index (Phi) is 2.70. The number of Topliss-reactive ketones (excluding diaryl/α,β-unsaturated/α-hetero) is 1. The first kappa shape index (κ1) is 12.7. The average molecular weight is 248 g/mol. The summed E-state index contributed by atoms with van der Waals surface area (Å²) >= 11 is 0. The Morgan fingerprint density at radius 1 is 1.11 bits per heavy atom. The number of carbonyl (C=O) groups excluding carboxylic acids is 1. The summed E-state index contributed by atoms with van der Waals surface area (Å²) in [5.74, 6) is 2.87. The van der Waals surface area contributed by atoms with Crippen molar-refractivity contribution in [2.75, 3.05) is 0 Å². The van der Waals surface area contributed by atoms with Crippen molar-refractivity contribution in [1.29, 1.82) is 0 Å². The minimum atomic E-state index is 0.328. The van der Waals surface area contributed by atoms with E-state index in [1.54, 1.807) is 0 Å². The molecule has 0 aliphatic heterocycles. The lowest BCUT2D eigenvalue weighted by Gasteiger charge is -2.44. The van der Waals surface area contributed by atoms with Crippen molar-refractivity contribution < 1.29 is 4.79 Å². The molecule has 3 rings (SSSR count). The lowest BCUT2D eigenvalue weighted by Crippen LogP contribution is -2.41. The van der Waals surface area contributed by atoms with E-state index in [1.165, 1.54) is 32.1 Å². The molecule has 3 aliphatic carbocycles. The third-order valence-corrected chi connectivity index (χ3v) is 7.35. The summed E-state index contributed by atoms with van der Waals surface area (Å²) in [7, 11) is 0. The van der Waals surface area contributed by atoms with Gasteiger partial charge < -0.3 is 0 Å². The highest BCUT2D eigenvalue weighted by Gasteiger charge is 2.63. The van der Waals surface area contributed by atoms with Gasteiger partial charge in [0.2, 0.25) is 0 Å². The van der Waals surface area contributed by atoms with Crippen LogP contribution in [0.2, 0.25) is 0 Å². The Balaban J connectivity index is 1.89. The lowest BCUT2D eigenvalue weighted by molar-refractivity contribution is -0.133. The number of ketones is 1. The van der Waals surface area contributed by atoms with Crippen LogP contribution in [0.25, 0.3) is 0 Å². The topological polar surface area (TPSA) is 17.1 Å². The number of hydrogen-bond donors (Lipinski definition) is 0. The van der Waals surface area contributed by atoms with E-state index in [0.29, 0.717) is 34.4 Å². The van der Waals surface area contributed by atoms with Crippen LogP contribution in [0, 0.1) is 34.5 Å². The van der Waals surface area contributed by atoms with Gasteiger partial charge in [-0.1, -0.05) is 34.1 Å². The summed E-state index contributed by atoms with van der Waals surface area (Å²) in [5.41, 5.74) is 0.883. The van der Waals surface area contributed by atoms with Crippen molar-refractivity contribution in [3.05, 3.63) is 0 Å². The van der Waals surface area contributed by atoms with Gasteiger partial charge in [-0.3, -0.25) is 4.79 Å². The summed E-state index contributed by atoms with van der Waals surface area (Å²) in [6, 6.07) is 0. The second-order valence-electron chi connectivity index (χ2n) is 8.06.